The molecule has 3 rings (SSSR count). The number of ether oxygens (including phenoxy) is 1. The van der Waals surface area contributed by atoms with Crippen LogP contribution in [0.25, 0.3) is 4.83 Å². The number of hydrogen-bond donors (Lipinski definition) is 0. The lowest BCUT2D eigenvalue weighted by atomic mass is 9.95. The Morgan fingerprint density at radius 3 is 2.91 bits per heavy atom. The predicted molar refractivity (Wildman–Crippen MR) is 87.7 cm³/mol. The first-order chi connectivity index (χ1) is 10.5. The molecule has 0 N–H and O–H groups in total. The van der Waals surface area contributed by atoms with Gasteiger partial charge in [0.15, 0.2) is 0 Å². The summed E-state index contributed by atoms with van der Waals surface area (Å²) in [5.74, 6) is 1.46. The Kier molecular flexibility index (Phi) is 4.23. The number of carbonyl (C=O) groups excluding carboxylic acids is 1. The van der Waals surface area contributed by atoms with Crippen LogP contribution >= 0.6 is 11.3 Å². The normalized spacial score (nSPS) is 19.1. The largest absolute Gasteiger partial charge is 0.375 e. The Hall–Kier alpha value is -1.40. The van der Waals surface area contributed by atoms with Crippen LogP contribution < -0.4 is 0 Å². The number of hydrogen-bond acceptors (Lipinski definition) is 4. The van der Waals surface area contributed by atoms with Gasteiger partial charge in [0.2, 0.25) is 5.91 Å². The molecule has 0 aromatic carbocycles. The first-order valence-corrected chi connectivity index (χ1v) is 8.56. The van der Waals surface area contributed by atoms with E-state index in [0.717, 1.165) is 37.4 Å². The number of nitrogens with zero attached hydrogens (tertiary/aromatic N) is 3. The minimum Gasteiger partial charge on any atom is -0.375 e. The van der Waals surface area contributed by atoms with Crippen LogP contribution in [0.15, 0.2) is 0 Å². The molecular formula is C16H23N3O2S. The topological polar surface area (TPSA) is 46.8 Å². The maximum absolute atomic E-state index is 12.1. The van der Waals surface area contributed by atoms with Crippen molar-refractivity contribution in [3.05, 3.63) is 22.1 Å². The van der Waals surface area contributed by atoms with Crippen molar-refractivity contribution >= 4 is 22.1 Å². The highest BCUT2D eigenvalue weighted by Crippen LogP contribution is 2.34. The molecule has 1 atom stereocenters. The lowest BCUT2D eigenvalue weighted by Crippen LogP contribution is -2.41. The fourth-order valence-electron chi connectivity index (χ4n) is 3.31. The van der Waals surface area contributed by atoms with Crippen molar-refractivity contribution in [2.24, 2.45) is 0 Å². The Balaban J connectivity index is 1.91. The molecule has 0 spiro atoms. The predicted octanol–water partition coefficient (Wildman–Crippen LogP) is 2.67. The van der Waals surface area contributed by atoms with Gasteiger partial charge in [0.05, 0.1) is 5.69 Å². The van der Waals surface area contributed by atoms with Crippen LogP contribution in [0.5, 0.6) is 0 Å². The van der Waals surface area contributed by atoms with Crippen LogP contribution in [-0.2, 0) is 9.53 Å². The summed E-state index contributed by atoms with van der Waals surface area (Å²) in [6.07, 6.45) is 2.13. The van der Waals surface area contributed by atoms with Crippen molar-refractivity contribution < 1.29 is 9.53 Å². The highest BCUT2D eigenvalue weighted by molar-refractivity contribution is 7.17. The van der Waals surface area contributed by atoms with Crippen molar-refractivity contribution in [1.82, 2.24) is 14.3 Å². The van der Waals surface area contributed by atoms with Gasteiger partial charge in [0, 0.05) is 36.7 Å². The zero-order valence-electron chi connectivity index (χ0n) is 13.7. The molecule has 2 aromatic rings. The van der Waals surface area contributed by atoms with E-state index in [1.54, 1.807) is 7.11 Å². The van der Waals surface area contributed by atoms with Crippen LogP contribution in [0.1, 0.15) is 40.8 Å². The standard InChI is InChI=1S/C16H23N3O2S/c1-10-11(2)22-16-15(17-12(3)19(10)16)13-6-5-7-18(8-13)14(20)9-21-4/h13H,5-9H2,1-4H3/t13-/m1/s1. The van der Waals surface area contributed by atoms with E-state index in [1.165, 1.54) is 15.4 Å². The van der Waals surface area contributed by atoms with Gasteiger partial charge in [-0.05, 0) is 33.6 Å². The Labute approximate surface area is 134 Å². The van der Waals surface area contributed by atoms with Gasteiger partial charge in [-0.3, -0.25) is 9.20 Å². The van der Waals surface area contributed by atoms with Crippen LogP contribution in [-0.4, -0.2) is 47.0 Å². The summed E-state index contributed by atoms with van der Waals surface area (Å²) in [4.78, 5) is 21.4. The van der Waals surface area contributed by atoms with Crippen molar-refractivity contribution in [1.29, 1.82) is 0 Å². The molecule has 1 aliphatic heterocycles. The van der Waals surface area contributed by atoms with Crippen molar-refractivity contribution in [2.45, 2.75) is 39.5 Å². The highest BCUT2D eigenvalue weighted by atomic mass is 32.1. The van der Waals surface area contributed by atoms with E-state index >= 15 is 0 Å². The third-order valence-electron chi connectivity index (χ3n) is 4.55. The Bertz CT molecular complexity index is 704. The van der Waals surface area contributed by atoms with Gasteiger partial charge in [0.25, 0.3) is 0 Å². The van der Waals surface area contributed by atoms with Gasteiger partial charge in [-0.25, -0.2) is 4.98 Å². The molecule has 5 nitrogen and oxygen atoms in total. The fourth-order valence-corrected chi connectivity index (χ4v) is 4.52. The van der Waals surface area contributed by atoms with Crippen molar-refractivity contribution in [3.8, 4) is 0 Å². The molecule has 22 heavy (non-hydrogen) atoms. The molecule has 0 bridgehead atoms. The number of aryl methyl sites for hydroxylation is 3. The minimum atomic E-state index is 0.0814. The van der Waals surface area contributed by atoms with Crippen LogP contribution in [0.4, 0.5) is 0 Å². The minimum absolute atomic E-state index is 0.0814. The molecule has 3 heterocycles. The van der Waals surface area contributed by atoms with Crippen LogP contribution in [0.2, 0.25) is 0 Å². The second kappa shape index (κ2) is 6.01. The maximum Gasteiger partial charge on any atom is 0.248 e. The second-order valence-corrected chi connectivity index (χ2v) is 7.24. The molecular weight excluding hydrogens is 298 g/mol. The zero-order valence-corrected chi connectivity index (χ0v) is 14.5. The monoisotopic (exact) mass is 321 g/mol. The van der Waals surface area contributed by atoms with Crippen LogP contribution in [0, 0.1) is 20.8 Å². The zero-order chi connectivity index (χ0) is 15.9. The lowest BCUT2D eigenvalue weighted by Gasteiger charge is -2.32. The number of rotatable bonds is 3. The molecule has 1 saturated heterocycles. The maximum atomic E-state index is 12.1. The molecule has 0 radical (unpaired) electrons. The summed E-state index contributed by atoms with van der Waals surface area (Å²) in [5, 5.41) is 0. The highest BCUT2D eigenvalue weighted by Gasteiger charge is 2.29. The van der Waals surface area contributed by atoms with E-state index in [2.05, 4.69) is 25.2 Å². The van der Waals surface area contributed by atoms with Gasteiger partial charge in [0.1, 0.15) is 17.3 Å². The van der Waals surface area contributed by atoms with E-state index in [0.29, 0.717) is 5.92 Å². The number of methoxy groups -OCH3 is 1. The lowest BCUT2D eigenvalue weighted by molar-refractivity contribution is -0.136. The van der Waals surface area contributed by atoms with Crippen LogP contribution in [0.3, 0.4) is 0 Å². The summed E-state index contributed by atoms with van der Waals surface area (Å²) in [5.41, 5.74) is 2.44. The van der Waals surface area contributed by atoms with Gasteiger partial charge < -0.3 is 9.64 Å². The van der Waals surface area contributed by atoms with Gasteiger partial charge in [-0.15, -0.1) is 11.3 Å². The molecule has 1 aliphatic rings. The molecule has 0 aliphatic carbocycles. The Morgan fingerprint density at radius 2 is 2.18 bits per heavy atom. The van der Waals surface area contributed by atoms with E-state index in [-0.39, 0.29) is 12.5 Å². The summed E-state index contributed by atoms with van der Waals surface area (Å²) in [6.45, 7) is 8.12. The van der Waals surface area contributed by atoms with E-state index in [9.17, 15) is 4.79 Å². The molecule has 0 unspecified atom stereocenters. The average molecular weight is 321 g/mol. The van der Waals surface area contributed by atoms with Gasteiger partial charge in [-0.2, -0.15) is 0 Å². The summed E-state index contributed by atoms with van der Waals surface area (Å²) < 4.78 is 7.24. The SMILES string of the molecule is COCC(=O)N1CCC[C@@H](c2nc(C)n3c(C)c(C)sc23)C1. The summed E-state index contributed by atoms with van der Waals surface area (Å²) in [7, 11) is 1.57. The number of imidazole rings is 1. The molecule has 2 aromatic heterocycles. The van der Waals surface area contributed by atoms with E-state index in [1.807, 2.05) is 16.2 Å². The van der Waals surface area contributed by atoms with E-state index < -0.39 is 0 Å². The number of fused-ring (bicyclic) bond motifs is 1. The number of thiazole rings is 1. The first kappa shape index (κ1) is 15.5. The van der Waals surface area contributed by atoms with Crippen molar-refractivity contribution in [3.63, 3.8) is 0 Å². The third kappa shape index (κ3) is 2.54. The molecule has 1 amide bonds. The molecule has 120 valence electrons. The number of piperidine rings is 1. The van der Waals surface area contributed by atoms with Gasteiger partial charge in [-0.1, -0.05) is 0 Å². The third-order valence-corrected chi connectivity index (χ3v) is 5.74. The number of amides is 1. The smallest absolute Gasteiger partial charge is 0.248 e. The summed E-state index contributed by atoms with van der Waals surface area (Å²) >= 11 is 1.81. The van der Waals surface area contributed by atoms with E-state index in [4.69, 9.17) is 9.72 Å². The number of likely N-dealkylation sites (tertiary alicyclic amines) is 1. The van der Waals surface area contributed by atoms with Gasteiger partial charge >= 0.3 is 0 Å². The fraction of sp³-hybridized carbons (Fsp3) is 0.625. The quantitative estimate of drug-likeness (QED) is 0.873. The number of aromatic nitrogens is 2. The molecule has 6 heteroatoms. The summed E-state index contributed by atoms with van der Waals surface area (Å²) in [6, 6.07) is 0. The average Bonchev–Trinajstić information content (AvgIpc) is 2.98. The number of carbonyl (C=O) groups is 1. The first-order valence-electron chi connectivity index (χ1n) is 7.74. The Morgan fingerprint density at radius 1 is 1.41 bits per heavy atom. The van der Waals surface area contributed by atoms with Crippen molar-refractivity contribution in [2.75, 3.05) is 26.8 Å². The molecule has 0 saturated carbocycles. The molecule has 1 fully saturated rings. The second-order valence-electron chi connectivity index (χ2n) is 6.04.